The van der Waals surface area contributed by atoms with E-state index in [2.05, 4.69) is 31.3 Å². The second kappa shape index (κ2) is 6.62. The molecule has 0 fully saturated rings. The van der Waals surface area contributed by atoms with Crippen molar-refractivity contribution in [1.29, 1.82) is 0 Å². The fourth-order valence-electron chi connectivity index (χ4n) is 1.10. The van der Waals surface area contributed by atoms with Crippen LogP contribution in [0.5, 0.6) is 0 Å². The Morgan fingerprint density at radius 1 is 1.36 bits per heavy atom. The van der Waals surface area contributed by atoms with Gasteiger partial charge >= 0.3 is 0 Å². The molecule has 0 unspecified atom stereocenters. The van der Waals surface area contributed by atoms with Crippen molar-refractivity contribution >= 4 is 0 Å². The largest absolute Gasteiger partial charge is 0.258 e. The highest BCUT2D eigenvalue weighted by Gasteiger charge is 2.04. The van der Waals surface area contributed by atoms with Gasteiger partial charge in [0.25, 0.3) is 0 Å². The molecule has 0 saturated heterocycles. The molecule has 0 spiro atoms. The van der Waals surface area contributed by atoms with Crippen LogP contribution in [0, 0.1) is 0 Å². The highest BCUT2D eigenvalue weighted by Crippen LogP contribution is 2.05. The minimum Gasteiger partial charge on any atom is -0.258 e. The molecule has 0 heterocycles. The average molecular weight is 158 g/mol. The van der Waals surface area contributed by atoms with Gasteiger partial charge in [0.2, 0.25) is 0 Å². The molecule has 0 aliphatic heterocycles. The zero-order valence-electron chi connectivity index (χ0n) is 8.35. The van der Waals surface area contributed by atoms with Crippen molar-refractivity contribution < 1.29 is 0 Å². The molecule has 0 amide bonds. The molecule has 1 N–H and O–H groups in total. The van der Waals surface area contributed by atoms with Gasteiger partial charge in [0.1, 0.15) is 0 Å². The first-order chi connectivity index (χ1) is 5.22. The molecule has 2 nitrogen and oxygen atoms in total. The summed E-state index contributed by atoms with van der Waals surface area (Å²) in [6, 6.07) is 0.659. The van der Waals surface area contributed by atoms with Gasteiger partial charge in [-0.25, -0.2) is 5.01 Å². The van der Waals surface area contributed by atoms with Crippen LogP contribution in [0.1, 0.15) is 39.5 Å². The normalized spacial score (nSPS) is 13.9. The molecule has 0 bridgehead atoms. The van der Waals surface area contributed by atoms with Crippen molar-refractivity contribution in [3.05, 3.63) is 0 Å². The molecule has 2 heteroatoms. The second-order valence-corrected chi connectivity index (χ2v) is 3.18. The summed E-state index contributed by atoms with van der Waals surface area (Å²) in [4.78, 5) is 0. The van der Waals surface area contributed by atoms with Crippen LogP contribution in [0.4, 0.5) is 0 Å². The van der Waals surface area contributed by atoms with E-state index in [9.17, 15) is 0 Å². The van der Waals surface area contributed by atoms with Crippen LogP contribution in [0.3, 0.4) is 0 Å². The maximum Gasteiger partial charge on any atom is 0.0212 e. The predicted octanol–water partition coefficient (Wildman–Crippen LogP) is 2.02. The first-order valence-electron chi connectivity index (χ1n) is 4.62. The van der Waals surface area contributed by atoms with E-state index in [0.717, 1.165) is 0 Å². The van der Waals surface area contributed by atoms with Gasteiger partial charge in [0.05, 0.1) is 0 Å². The van der Waals surface area contributed by atoms with Crippen LogP contribution in [0.25, 0.3) is 0 Å². The Kier molecular flexibility index (Phi) is 6.57. The number of hydrazine groups is 1. The van der Waals surface area contributed by atoms with Gasteiger partial charge in [-0.1, -0.05) is 26.2 Å². The molecule has 0 aromatic rings. The quantitative estimate of drug-likeness (QED) is 0.470. The van der Waals surface area contributed by atoms with E-state index in [0.29, 0.717) is 6.04 Å². The fraction of sp³-hybridized carbons (Fsp3) is 1.00. The van der Waals surface area contributed by atoms with Crippen molar-refractivity contribution in [3.63, 3.8) is 0 Å². The Labute approximate surface area is 70.9 Å². The maximum atomic E-state index is 3.12. The highest BCUT2D eigenvalue weighted by molar-refractivity contribution is 4.58. The van der Waals surface area contributed by atoms with Gasteiger partial charge in [-0.05, 0) is 20.4 Å². The molecular weight excluding hydrogens is 136 g/mol. The fourth-order valence-corrected chi connectivity index (χ4v) is 1.10. The summed E-state index contributed by atoms with van der Waals surface area (Å²) in [6.45, 7) is 4.50. The lowest BCUT2D eigenvalue weighted by molar-refractivity contribution is 0.182. The average Bonchev–Trinajstić information content (AvgIpc) is 2.03. The van der Waals surface area contributed by atoms with Gasteiger partial charge in [0.15, 0.2) is 0 Å². The third-order valence-corrected chi connectivity index (χ3v) is 2.24. The summed E-state index contributed by atoms with van der Waals surface area (Å²) in [6.07, 6.45) is 5.33. The van der Waals surface area contributed by atoms with Crippen molar-refractivity contribution in [3.8, 4) is 0 Å². The van der Waals surface area contributed by atoms with Gasteiger partial charge in [-0.2, -0.15) is 0 Å². The number of unbranched alkanes of at least 4 members (excludes halogenated alkanes) is 2. The van der Waals surface area contributed by atoms with Crippen LogP contribution in [-0.4, -0.2) is 25.1 Å². The number of nitrogens with zero attached hydrogens (tertiary/aromatic N) is 1. The van der Waals surface area contributed by atoms with Crippen LogP contribution < -0.4 is 5.43 Å². The maximum absolute atomic E-state index is 3.12. The Morgan fingerprint density at radius 3 is 2.45 bits per heavy atom. The topological polar surface area (TPSA) is 15.3 Å². The van der Waals surface area contributed by atoms with E-state index in [1.54, 1.807) is 0 Å². The molecule has 0 aliphatic carbocycles. The minimum absolute atomic E-state index is 0.659. The third-order valence-electron chi connectivity index (χ3n) is 2.24. The van der Waals surface area contributed by atoms with Crippen LogP contribution in [-0.2, 0) is 0 Å². The Morgan fingerprint density at radius 2 is 2.00 bits per heavy atom. The van der Waals surface area contributed by atoms with Crippen LogP contribution in [0.15, 0.2) is 0 Å². The number of hydrogen-bond donors (Lipinski definition) is 1. The van der Waals surface area contributed by atoms with E-state index < -0.39 is 0 Å². The Bertz CT molecular complexity index is 83.6. The first kappa shape index (κ1) is 10.9. The molecule has 0 aliphatic rings. The Hall–Kier alpha value is -0.0800. The molecule has 68 valence electrons. The van der Waals surface area contributed by atoms with Crippen LogP contribution >= 0.6 is 0 Å². The minimum atomic E-state index is 0.659. The molecule has 1 atom stereocenters. The Balaban J connectivity index is 3.28. The first-order valence-corrected chi connectivity index (χ1v) is 4.62. The lowest BCUT2D eigenvalue weighted by Gasteiger charge is -2.23. The summed E-state index contributed by atoms with van der Waals surface area (Å²) in [5, 5.41) is 2.16. The smallest absolute Gasteiger partial charge is 0.0212 e. The highest BCUT2D eigenvalue weighted by atomic mass is 15.5. The van der Waals surface area contributed by atoms with E-state index in [-0.39, 0.29) is 0 Å². The van der Waals surface area contributed by atoms with Gasteiger partial charge in [-0.3, -0.25) is 5.43 Å². The summed E-state index contributed by atoms with van der Waals surface area (Å²) in [5.41, 5.74) is 3.12. The van der Waals surface area contributed by atoms with Gasteiger partial charge in [-0.15, -0.1) is 0 Å². The number of rotatable bonds is 6. The van der Waals surface area contributed by atoms with Crippen molar-refractivity contribution in [2.75, 3.05) is 14.1 Å². The zero-order valence-corrected chi connectivity index (χ0v) is 8.35. The number of hydrogen-bond acceptors (Lipinski definition) is 2. The van der Waals surface area contributed by atoms with E-state index in [1.165, 1.54) is 25.7 Å². The van der Waals surface area contributed by atoms with Crippen molar-refractivity contribution in [2.24, 2.45) is 0 Å². The summed E-state index contributed by atoms with van der Waals surface area (Å²) >= 11 is 0. The van der Waals surface area contributed by atoms with Gasteiger partial charge < -0.3 is 0 Å². The molecular formula is C9H22N2. The lowest BCUT2D eigenvalue weighted by atomic mass is 10.1. The molecule has 0 rings (SSSR count). The third kappa shape index (κ3) is 5.22. The SMILES string of the molecule is CCCCC[C@@H](C)N(C)NC. The molecule has 0 radical (unpaired) electrons. The van der Waals surface area contributed by atoms with Gasteiger partial charge in [0, 0.05) is 13.1 Å². The molecule has 0 aromatic carbocycles. The zero-order chi connectivity index (χ0) is 8.69. The summed E-state index contributed by atoms with van der Waals surface area (Å²) < 4.78 is 0. The standard InChI is InChI=1S/C9H22N2/c1-5-6-7-8-9(2)11(4)10-3/h9-10H,5-8H2,1-4H3/t9-/m1/s1. The monoisotopic (exact) mass is 158 g/mol. The van der Waals surface area contributed by atoms with Crippen molar-refractivity contribution in [1.82, 2.24) is 10.4 Å². The van der Waals surface area contributed by atoms with Crippen molar-refractivity contribution in [2.45, 2.75) is 45.6 Å². The van der Waals surface area contributed by atoms with E-state index in [1.807, 2.05) is 7.05 Å². The lowest BCUT2D eigenvalue weighted by Crippen LogP contribution is -2.38. The van der Waals surface area contributed by atoms with E-state index in [4.69, 9.17) is 0 Å². The molecule has 0 aromatic heterocycles. The van der Waals surface area contributed by atoms with E-state index >= 15 is 0 Å². The van der Waals surface area contributed by atoms with Crippen LogP contribution in [0.2, 0.25) is 0 Å². The second-order valence-electron chi connectivity index (χ2n) is 3.18. The molecule has 11 heavy (non-hydrogen) atoms. The molecule has 0 saturated carbocycles. The number of nitrogens with one attached hydrogen (secondary N) is 1. The summed E-state index contributed by atoms with van der Waals surface area (Å²) in [7, 11) is 4.06. The summed E-state index contributed by atoms with van der Waals surface area (Å²) in [5.74, 6) is 0. The predicted molar refractivity (Wildman–Crippen MR) is 50.4 cm³/mol.